The van der Waals surface area contributed by atoms with E-state index in [-0.39, 0.29) is 22.9 Å². The third kappa shape index (κ3) is 3.13. The molecule has 1 aromatic rings. The molecule has 3 aliphatic rings. The van der Waals surface area contributed by atoms with E-state index in [2.05, 4.69) is 14.9 Å². The number of imidazole rings is 1. The third-order valence-electron chi connectivity index (χ3n) is 6.12. The molecule has 0 radical (unpaired) electrons. The maximum absolute atomic E-state index is 14.0. The quantitative estimate of drug-likeness (QED) is 0.815. The summed E-state index contributed by atoms with van der Waals surface area (Å²) in [6.07, 6.45) is 6.78. The van der Waals surface area contributed by atoms with Crippen molar-refractivity contribution in [3.63, 3.8) is 0 Å². The van der Waals surface area contributed by atoms with Crippen LogP contribution in [0.5, 0.6) is 0 Å². The predicted molar refractivity (Wildman–Crippen MR) is 95.6 cm³/mol. The van der Waals surface area contributed by atoms with Crippen molar-refractivity contribution >= 4 is 11.8 Å². The van der Waals surface area contributed by atoms with E-state index < -0.39 is 11.6 Å². The third-order valence-corrected chi connectivity index (χ3v) is 6.12. The topological polar surface area (TPSA) is 76.5 Å². The Morgan fingerprint density at radius 2 is 2.11 bits per heavy atom. The van der Waals surface area contributed by atoms with Crippen LogP contribution in [-0.2, 0) is 19.9 Å². The Labute approximate surface area is 158 Å². The van der Waals surface area contributed by atoms with E-state index in [4.69, 9.17) is 4.74 Å². The number of nitrogens with zero attached hydrogens (tertiary/aromatic N) is 3. The minimum atomic E-state index is -1.87. The Morgan fingerprint density at radius 3 is 2.70 bits per heavy atom. The van der Waals surface area contributed by atoms with Crippen LogP contribution in [0.25, 0.3) is 0 Å². The lowest BCUT2D eigenvalue weighted by Crippen LogP contribution is -2.65. The van der Waals surface area contributed by atoms with Gasteiger partial charge in [0.15, 0.2) is 5.67 Å². The van der Waals surface area contributed by atoms with Gasteiger partial charge in [-0.15, -0.1) is 0 Å². The summed E-state index contributed by atoms with van der Waals surface area (Å²) in [5.41, 5.74) is -2.17. The number of likely N-dealkylation sites (tertiary alicyclic amines) is 1. The van der Waals surface area contributed by atoms with Gasteiger partial charge in [0.05, 0.1) is 18.2 Å². The van der Waals surface area contributed by atoms with E-state index in [1.807, 2.05) is 6.20 Å². The first-order chi connectivity index (χ1) is 12.7. The van der Waals surface area contributed by atoms with Crippen LogP contribution >= 0.6 is 0 Å². The number of carbonyl (C=O) groups excluding carboxylic acids is 2. The number of ether oxygens (including phenoxy) is 1. The molecule has 7 nitrogen and oxygen atoms in total. The van der Waals surface area contributed by atoms with Crippen LogP contribution in [0, 0.1) is 5.41 Å². The second-order valence-electron chi connectivity index (χ2n) is 8.95. The lowest BCUT2D eigenvalue weighted by atomic mass is 9.85. The smallest absolute Gasteiger partial charge is 0.259 e. The molecule has 2 amide bonds. The summed E-state index contributed by atoms with van der Waals surface area (Å²) in [7, 11) is 1.66. The molecule has 1 aliphatic carbocycles. The summed E-state index contributed by atoms with van der Waals surface area (Å²) in [4.78, 5) is 30.7. The maximum Gasteiger partial charge on any atom is 0.259 e. The number of halogens is 1. The van der Waals surface area contributed by atoms with Gasteiger partial charge in [-0.1, -0.05) is 0 Å². The molecule has 1 atom stereocenters. The summed E-state index contributed by atoms with van der Waals surface area (Å²) in [6.45, 7) is 4.08. The summed E-state index contributed by atoms with van der Waals surface area (Å²) >= 11 is 0. The Bertz CT molecular complexity index is 759. The van der Waals surface area contributed by atoms with Crippen molar-refractivity contribution in [1.82, 2.24) is 19.8 Å². The molecule has 2 fully saturated rings. The molecule has 148 valence electrons. The molecule has 27 heavy (non-hydrogen) atoms. The zero-order valence-corrected chi connectivity index (χ0v) is 16.1. The summed E-state index contributed by atoms with van der Waals surface area (Å²) in [5, 5.41) is 3.12. The van der Waals surface area contributed by atoms with Gasteiger partial charge in [-0.3, -0.25) is 9.59 Å². The second kappa shape index (κ2) is 6.02. The molecule has 1 spiro atoms. The fourth-order valence-electron chi connectivity index (χ4n) is 4.57. The lowest BCUT2D eigenvalue weighted by molar-refractivity contribution is -0.153. The average molecular weight is 378 g/mol. The minimum Gasteiger partial charge on any atom is -0.384 e. The first-order valence-electron chi connectivity index (χ1n) is 9.48. The molecule has 1 unspecified atom stereocenters. The van der Waals surface area contributed by atoms with Gasteiger partial charge >= 0.3 is 0 Å². The molecule has 3 heterocycles. The number of nitrogens with one attached hydrogen (secondary N) is 1. The van der Waals surface area contributed by atoms with Crippen molar-refractivity contribution in [2.24, 2.45) is 5.41 Å². The summed E-state index contributed by atoms with van der Waals surface area (Å²) in [5.74, 6) is 0.336. The Balaban J connectivity index is 1.41. The van der Waals surface area contributed by atoms with Gasteiger partial charge < -0.3 is 19.5 Å². The number of amides is 2. The highest BCUT2D eigenvalue weighted by atomic mass is 19.1. The highest BCUT2D eigenvalue weighted by Gasteiger charge is 2.55. The van der Waals surface area contributed by atoms with Crippen molar-refractivity contribution in [1.29, 1.82) is 0 Å². The molecular weight excluding hydrogens is 351 g/mol. The highest BCUT2D eigenvalue weighted by molar-refractivity contribution is 5.85. The molecule has 1 saturated carbocycles. The lowest BCUT2D eigenvalue weighted by Gasteiger charge is -2.50. The van der Waals surface area contributed by atoms with E-state index in [9.17, 15) is 14.0 Å². The van der Waals surface area contributed by atoms with Crippen molar-refractivity contribution in [3.05, 3.63) is 18.2 Å². The molecule has 0 bridgehead atoms. The minimum absolute atomic E-state index is 0.00303. The van der Waals surface area contributed by atoms with Gasteiger partial charge in [-0.25, -0.2) is 9.37 Å². The van der Waals surface area contributed by atoms with Gasteiger partial charge in [-0.05, 0) is 26.7 Å². The van der Waals surface area contributed by atoms with Gasteiger partial charge in [0.25, 0.3) is 5.91 Å². The van der Waals surface area contributed by atoms with E-state index in [1.165, 1.54) is 13.8 Å². The van der Waals surface area contributed by atoms with Crippen LogP contribution in [0.4, 0.5) is 4.39 Å². The number of aromatic nitrogens is 2. The monoisotopic (exact) mass is 378 g/mol. The summed E-state index contributed by atoms with van der Waals surface area (Å²) < 4.78 is 21.3. The summed E-state index contributed by atoms with van der Waals surface area (Å²) in [6, 6.07) is -0.179. The number of fused-ring (bicyclic) bond motifs is 2. The van der Waals surface area contributed by atoms with Gasteiger partial charge in [0.2, 0.25) is 5.91 Å². The van der Waals surface area contributed by atoms with Gasteiger partial charge in [0, 0.05) is 50.8 Å². The largest absolute Gasteiger partial charge is 0.384 e. The van der Waals surface area contributed by atoms with E-state index in [1.54, 1.807) is 18.2 Å². The number of alkyl halides is 1. The first kappa shape index (κ1) is 18.4. The average Bonchev–Trinajstić information content (AvgIpc) is 3.01. The van der Waals surface area contributed by atoms with Crippen LogP contribution in [0.15, 0.2) is 12.4 Å². The van der Waals surface area contributed by atoms with Gasteiger partial charge in [0.1, 0.15) is 5.82 Å². The molecular formula is C19H27FN4O3. The van der Waals surface area contributed by atoms with Crippen LogP contribution in [-0.4, -0.2) is 58.7 Å². The molecule has 1 N–H and O–H groups in total. The fraction of sp³-hybridized carbons (Fsp3) is 0.737. The predicted octanol–water partition coefficient (Wildman–Crippen LogP) is 1.55. The SMILES string of the molecule is COCC1(CC(=O)NC2CC3(CN(C(=O)C(C)(C)F)C3)n3ccnc32)CC1. The van der Waals surface area contributed by atoms with Crippen LogP contribution in [0.1, 0.15) is 51.4 Å². The molecule has 0 aromatic carbocycles. The van der Waals surface area contributed by atoms with Crippen molar-refractivity contribution < 1.29 is 18.7 Å². The van der Waals surface area contributed by atoms with E-state index in [0.29, 0.717) is 32.5 Å². The molecule has 1 saturated heterocycles. The van der Waals surface area contributed by atoms with Crippen LogP contribution in [0.3, 0.4) is 0 Å². The van der Waals surface area contributed by atoms with Crippen molar-refractivity contribution in [3.8, 4) is 0 Å². The standard InChI is InChI=1S/C19H27FN4O3/c1-17(2,20)16(26)23-10-19(11-23)8-13(15-21-6-7-24(15)19)22-14(25)9-18(4-5-18)12-27-3/h6-7,13H,4-5,8-12H2,1-3H3,(H,22,25). The van der Waals surface area contributed by atoms with Crippen molar-refractivity contribution in [2.75, 3.05) is 26.8 Å². The fourth-order valence-corrected chi connectivity index (χ4v) is 4.57. The van der Waals surface area contributed by atoms with Crippen LogP contribution in [0.2, 0.25) is 0 Å². The Hall–Kier alpha value is -1.96. The number of carbonyl (C=O) groups is 2. The zero-order chi connectivity index (χ0) is 19.4. The van der Waals surface area contributed by atoms with E-state index in [0.717, 1.165) is 18.7 Å². The Morgan fingerprint density at radius 1 is 1.41 bits per heavy atom. The number of methoxy groups -OCH3 is 1. The zero-order valence-electron chi connectivity index (χ0n) is 16.1. The first-order valence-corrected chi connectivity index (χ1v) is 9.48. The number of rotatable bonds is 6. The molecule has 2 aliphatic heterocycles. The van der Waals surface area contributed by atoms with Crippen LogP contribution < -0.4 is 5.32 Å². The second-order valence-corrected chi connectivity index (χ2v) is 8.95. The molecule has 4 rings (SSSR count). The van der Waals surface area contributed by atoms with Crippen molar-refractivity contribution in [2.45, 2.75) is 56.8 Å². The van der Waals surface area contributed by atoms with Gasteiger partial charge in [-0.2, -0.15) is 0 Å². The van der Waals surface area contributed by atoms with E-state index >= 15 is 0 Å². The maximum atomic E-state index is 14.0. The number of hydrogen-bond donors (Lipinski definition) is 1. The molecule has 8 heteroatoms. The highest BCUT2D eigenvalue weighted by Crippen LogP contribution is 2.49. The number of hydrogen-bond acceptors (Lipinski definition) is 4. The Kier molecular flexibility index (Phi) is 4.10. The molecule has 1 aromatic heterocycles. The normalized spacial score (nSPS) is 24.4.